The van der Waals surface area contributed by atoms with E-state index >= 15 is 0 Å². The molecule has 0 aliphatic heterocycles. The lowest BCUT2D eigenvalue weighted by molar-refractivity contribution is -0.389. The Kier molecular flexibility index (Phi) is 3.49. The molecule has 2 heterocycles. The number of halogens is 1. The molecule has 0 saturated carbocycles. The van der Waals surface area contributed by atoms with Crippen molar-refractivity contribution in [3.8, 4) is 0 Å². The van der Waals surface area contributed by atoms with Gasteiger partial charge >= 0.3 is 11.7 Å². The van der Waals surface area contributed by atoms with Crippen molar-refractivity contribution < 1.29 is 14.1 Å². The first-order chi connectivity index (χ1) is 9.01. The number of furan rings is 1. The van der Waals surface area contributed by atoms with Crippen molar-refractivity contribution in [3.05, 3.63) is 45.0 Å². The average molecular weight is 286 g/mol. The van der Waals surface area contributed by atoms with Gasteiger partial charge in [-0.05, 0) is 17.1 Å². The van der Waals surface area contributed by atoms with Crippen molar-refractivity contribution in [2.24, 2.45) is 5.84 Å². The largest absolute Gasteiger partial charge is 0.454 e. The molecule has 0 atom stereocenters. The minimum atomic E-state index is -0.686. The molecule has 0 radical (unpaired) electrons. The molecule has 100 valence electrons. The van der Waals surface area contributed by atoms with E-state index in [1.54, 1.807) is 0 Å². The molecule has 0 aromatic carbocycles. The summed E-state index contributed by atoms with van der Waals surface area (Å²) < 4.78 is 6.42. The summed E-state index contributed by atoms with van der Waals surface area (Å²) in [4.78, 5) is 21.1. The van der Waals surface area contributed by atoms with Gasteiger partial charge < -0.3 is 14.5 Å². The standard InChI is InChI=1S/C9H8ClN5O4/c10-6-4-14(13-8(6)15(17)18)3-5-1-2-7(19-5)9(16)12-11/h1-2,4H,3,11H2,(H,12,16). The third-order valence-electron chi connectivity index (χ3n) is 2.21. The van der Waals surface area contributed by atoms with E-state index in [0.29, 0.717) is 5.76 Å². The van der Waals surface area contributed by atoms with Gasteiger partial charge in [0.25, 0.3) is 0 Å². The highest BCUT2D eigenvalue weighted by Gasteiger charge is 2.20. The summed E-state index contributed by atoms with van der Waals surface area (Å²) in [5.74, 6) is 4.36. The van der Waals surface area contributed by atoms with Crippen molar-refractivity contribution in [1.82, 2.24) is 15.2 Å². The lowest BCUT2D eigenvalue weighted by atomic mass is 10.4. The van der Waals surface area contributed by atoms with E-state index in [0.717, 1.165) is 0 Å². The van der Waals surface area contributed by atoms with Crippen molar-refractivity contribution in [1.29, 1.82) is 0 Å². The molecule has 10 heteroatoms. The predicted molar refractivity (Wildman–Crippen MR) is 63.4 cm³/mol. The van der Waals surface area contributed by atoms with E-state index in [1.165, 1.54) is 23.0 Å². The minimum absolute atomic E-state index is 0.0326. The molecule has 2 aromatic rings. The van der Waals surface area contributed by atoms with Crippen LogP contribution in [0.25, 0.3) is 0 Å². The van der Waals surface area contributed by atoms with Crippen LogP contribution in [0.1, 0.15) is 16.3 Å². The topological polar surface area (TPSA) is 129 Å². The van der Waals surface area contributed by atoms with Gasteiger partial charge in [0.05, 0.1) is 11.3 Å². The van der Waals surface area contributed by atoms with Gasteiger partial charge in [0.2, 0.25) is 0 Å². The fourth-order valence-electron chi connectivity index (χ4n) is 1.41. The lowest BCUT2D eigenvalue weighted by Crippen LogP contribution is -2.29. The second-order valence-corrected chi connectivity index (χ2v) is 3.90. The number of aromatic nitrogens is 2. The Bertz CT molecular complexity index is 634. The quantitative estimate of drug-likeness (QED) is 0.368. The maximum absolute atomic E-state index is 11.2. The highest BCUT2D eigenvalue weighted by Crippen LogP contribution is 2.22. The molecule has 9 nitrogen and oxygen atoms in total. The Morgan fingerprint density at radius 2 is 2.37 bits per heavy atom. The van der Waals surface area contributed by atoms with Gasteiger partial charge in [0.1, 0.15) is 12.3 Å². The summed E-state index contributed by atoms with van der Waals surface area (Å²) in [6.45, 7) is 0.103. The SMILES string of the molecule is NNC(=O)c1ccc(Cn2cc(Cl)c([N+](=O)[O-])n2)o1. The molecular formula is C9H8ClN5O4. The predicted octanol–water partition coefficient (Wildman–Crippen LogP) is 0.689. The van der Waals surface area contributed by atoms with E-state index in [4.69, 9.17) is 21.9 Å². The molecule has 0 aliphatic carbocycles. The van der Waals surface area contributed by atoms with Gasteiger partial charge in [0, 0.05) is 0 Å². The van der Waals surface area contributed by atoms with Crippen molar-refractivity contribution in [2.45, 2.75) is 6.54 Å². The second-order valence-electron chi connectivity index (χ2n) is 3.49. The van der Waals surface area contributed by atoms with Gasteiger partial charge in [-0.25, -0.2) is 5.84 Å². The zero-order chi connectivity index (χ0) is 14.0. The molecule has 0 saturated heterocycles. The lowest BCUT2D eigenvalue weighted by Gasteiger charge is -1.94. The number of hydrogen-bond donors (Lipinski definition) is 2. The van der Waals surface area contributed by atoms with Gasteiger partial charge in [-0.1, -0.05) is 11.6 Å². The van der Waals surface area contributed by atoms with Crippen LogP contribution in [0.15, 0.2) is 22.7 Å². The number of hydrazine groups is 1. The summed E-state index contributed by atoms with van der Waals surface area (Å²) in [5.41, 5.74) is 1.92. The Morgan fingerprint density at radius 1 is 1.63 bits per heavy atom. The summed E-state index contributed by atoms with van der Waals surface area (Å²) >= 11 is 5.65. The van der Waals surface area contributed by atoms with Crippen LogP contribution in [0.3, 0.4) is 0 Å². The van der Waals surface area contributed by atoms with E-state index in [-0.39, 0.29) is 17.3 Å². The van der Waals surface area contributed by atoms with Crippen LogP contribution in [0.2, 0.25) is 5.02 Å². The van der Waals surface area contributed by atoms with Crippen molar-refractivity contribution >= 4 is 23.3 Å². The van der Waals surface area contributed by atoms with Crippen LogP contribution in [-0.2, 0) is 6.54 Å². The van der Waals surface area contributed by atoms with Crippen LogP contribution in [0.4, 0.5) is 5.82 Å². The molecule has 2 rings (SSSR count). The summed E-state index contributed by atoms with van der Waals surface area (Å²) in [5, 5.41) is 14.2. The van der Waals surface area contributed by atoms with Crippen LogP contribution < -0.4 is 11.3 Å². The zero-order valence-electron chi connectivity index (χ0n) is 9.37. The second kappa shape index (κ2) is 5.08. The summed E-state index contributed by atoms with van der Waals surface area (Å²) in [7, 11) is 0. The molecule has 3 N–H and O–H groups in total. The van der Waals surface area contributed by atoms with Gasteiger partial charge in [-0.3, -0.25) is 10.2 Å². The normalized spacial score (nSPS) is 10.4. The van der Waals surface area contributed by atoms with E-state index in [9.17, 15) is 14.9 Å². The number of carbonyl (C=O) groups excluding carboxylic acids is 1. The van der Waals surface area contributed by atoms with Crippen LogP contribution in [0, 0.1) is 10.1 Å². The van der Waals surface area contributed by atoms with Crippen LogP contribution in [-0.4, -0.2) is 20.6 Å². The Hall–Kier alpha value is -2.39. The molecule has 19 heavy (non-hydrogen) atoms. The summed E-state index contributed by atoms with van der Waals surface area (Å²) in [6, 6.07) is 2.96. The number of nitrogens with zero attached hydrogens (tertiary/aromatic N) is 3. The Morgan fingerprint density at radius 3 is 2.95 bits per heavy atom. The van der Waals surface area contributed by atoms with Gasteiger partial charge in [-0.15, -0.1) is 0 Å². The Labute approximate surface area is 111 Å². The first-order valence-electron chi connectivity index (χ1n) is 4.98. The number of hydrogen-bond acceptors (Lipinski definition) is 6. The van der Waals surface area contributed by atoms with Crippen LogP contribution in [0.5, 0.6) is 0 Å². The summed E-state index contributed by atoms with van der Waals surface area (Å²) in [6.07, 6.45) is 1.30. The minimum Gasteiger partial charge on any atom is -0.454 e. The molecule has 0 aliphatic rings. The number of nitrogens with two attached hydrogens (primary N) is 1. The molecule has 2 aromatic heterocycles. The smallest absolute Gasteiger partial charge is 0.408 e. The number of nitrogens with one attached hydrogen (secondary N) is 1. The monoisotopic (exact) mass is 285 g/mol. The molecule has 0 fully saturated rings. The fourth-order valence-corrected chi connectivity index (χ4v) is 1.63. The molecule has 1 amide bonds. The molecule has 0 bridgehead atoms. The van der Waals surface area contributed by atoms with Crippen LogP contribution >= 0.6 is 11.6 Å². The van der Waals surface area contributed by atoms with Gasteiger partial charge in [0.15, 0.2) is 10.8 Å². The van der Waals surface area contributed by atoms with E-state index in [2.05, 4.69) is 5.10 Å². The third-order valence-corrected chi connectivity index (χ3v) is 2.47. The zero-order valence-corrected chi connectivity index (χ0v) is 10.1. The number of nitrogen functional groups attached to an aromatic ring is 1. The number of amides is 1. The Balaban J connectivity index is 2.17. The molecule has 0 spiro atoms. The van der Waals surface area contributed by atoms with Gasteiger partial charge in [-0.2, -0.15) is 4.68 Å². The van der Waals surface area contributed by atoms with Crippen molar-refractivity contribution in [2.75, 3.05) is 0 Å². The highest BCUT2D eigenvalue weighted by molar-refractivity contribution is 6.32. The number of carbonyl (C=O) groups is 1. The average Bonchev–Trinajstić information content (AvgIpc) is 2.95. The van der Waals surface area contributed by atoms with Crippen molar-refractivity contribution in [3.63, 3.8) is 0 Å². The van der Waals surface area contributed by atoms with E-state index < -0.39 is 16.6 Å². The maximum Gasteiger partial charge on any atom is 0.408 e. The third kappa shape index (κ3) is 2.72. The number of rotatable bonds is 4. The first kappa shape index (κ1) is 13.1. The maximum atomic E-state index is 11.2. The highest BCUT2D eigenvalue weighted by atomic mass is 35.5. The first-order valence-corrected chi connectivity index (χ1v) is 5.36. The van der Waals surface area contributed by atoms with E-state index in [1.807, 2.05) is 5.43 Å². The molecular weight excluding hydrogens is 278 g/mol. The number of nitro groups is 1. The fraction of sp³-hybridized carbons (Fsp3) is 0.111. The molecule has 0 unspecified atom stereocenters.